The molecule has 2 aromatic rings. The Labute approximate surface area is 119 Å². The summed E-state index contributed by atoms with van der Waals surface area (Å²) in [6.07, 6.45) is 0. The van der Waals surface area contributed by atoms with E-state index in [-0.39, 0.29) is 6.61 Å². The summed E-state index contributed by atoms with van der Waals surface area (Å²) in [6.45, 7) is 0.186. The summed E-state index contributed by atoms with van der Waals surface area (Å²) in [5, 5.41) is 1.48. The summed E-state index contributed by atoms with van der Waals surface area (Å²) in [7, 11) is 0. The second-order valence-corrected chi connectivity index (χ2v) is 4.78. The van der Waals surface area contributed by atoms with Crippen molar-refractivity contribution >= 4 is 40.6 Å². The van der Waals surface area contributed by atoms with Crippen molar-refractivity contribution in [1.29, 1.82) is 0 Å². The monoisotopic (exact) mass is 302 g/mol. The summed E-state index contributed by atoms with van der Waals surface area (Å²) >= 11 is 17.7. The Balaban J connectivity index is 2.13. The number of nitrogens with two attached hydrogens (primary N) is 1. The van der Waals surface area contributed by atoms with Gasteiger partial charge < -0.3 is 10.5 Å². The van der Waals surface area contributed by atoms with Gasteiger partial charge in [0.1, 0.15) is 18.2 Å². The topological polar surface area (TPSA) is 48.1 Å². The molecule has 18 heavy (non-hydrogen) atoms. The molecule has 94 valence electrons. The minimum Gasteiger partial charge on any atom is -0.486 e. The molecule has 2 N–H and O–H groups in total. The fourth-order valence-electron chi connectivity index (χ4n) is 1.34. The Bertz CT molecular complexity index is 575. The lowest BCUT2D eigenvalue weighted by Crippen LogP contribution is -2.02. The average molecular weight is 304 g/mol. The van der Waals surface area contributed by atoms with Crippen molar-refractivity contribution in [3.63, 3.8) is 0 Å². The van der Waals surface area contributed by atoms with Gasteiger partial charge in [-0.05, 0) is 30.3 Å². The third kappa shape index (κ3) is 3.19. The van der Waals surface area contributed by atoms with Gasteiger partial charge in [0.15, 0.2) is 0 Å². The van der Waals surface area contributed by atoms with E-state index < -0.39 is 0 Å². The molecule has 0 spiro atoms. The fourth-order valence-corrected chi connectivity index (χ4v) is 1.96. The molecule has 0 saturated heterocycles. The number of hydrogen-bond donors (Lipinski definition) is 1. The van der Waals surface area contributed by atoms with Crippen molar-refractivity contribution in [2.24, 2.45) is 0 Å². The molecule has 3 nitrogen and oxygen atoms in total. The number of aromatic nitrogens is 1. The lowest BCUT2D eigenvalue weighted by molar-refractivity contribution is 0.302. The zero-order valence-electron chi connectivity index (χ0n) is 9.16. The van der Waals surface area contributed by atoms with Crippen LogP contribution in [0.4, 0.5) is 5.82 Å². The number of hydrogen-bond acceptors (Lipinski definition) is 3. The van der Waals surface area contributed by atoms with Crippen LogP contribution in [0.15, 0.2) is 30.3 Å². The van der Waals surface area contributed by atoms with Crippen LogP contribution in [0.25, 0.3) is 0 Å². The van der Waals surface area contributed by atoms with Crippen molar-refractivity contribution in [3.05, 3.63) is 51.1 Å². The Kier molecular flexibility index (Phi) is 4.17. The van der Waals surface area contributed by atoms with E-state index in [1.165, 1.54) is 0 Å². The number of pyridine rings is 1. The third-order valence-corrected chi connectivity index (χ3v) is 3.07. The lowest BCUT2D eigenvalue weighted by atomic mass is 10.3. The minimum absolute atomic E-state index is 0.186. The zero-order valence-corrected chi connectivity index (χ0v) is 11.4. The van der Waals surface area contributed by atoms with E-state index in [0.29, 0.717) is 32.3 Å². The fraction of sp³-hybridized carbons (Fsp3) is 0.0833. The lowest BCUT2D eigenvalue weighted by Gasteiger charge is -2.09. The third-order valence-electron chi connectivity index (χ3n) is 2.20. The standard InChI is InChI=1S/C12H9Cl3N2O/c13-7-1-3-11(9(15)5-7)18-6-10-8(14)2-4-12(16)17-10/h1-5H,6H2,(H2,16,17). The van der Waals surface area contributed by atoms with Gasteiger partial charge >= 0.3 is 0 Å². The van der Waals surface area contributed by atoms with Crippen molar-refractivity contribution in [2.45, 2.75) is 6.61 Å². The van der Waals surface area contributed by atoms with E-state index in [4.69, 9.17) is 45.3 Å². The Morgan fingerprint density at radius 3 is 2.56 bits per heavy atom. The molecule has 1 aromatic heterocycles. The van der Waals surface area contributed by atoms with Gasteiger partial charge in [0, 0.05) is 5.02 Å². The van der Waals surface area contributed by atoms with E-state index >= 15 is 0 Å². The number of nitrogens with zero attached hydrogens (tertiary/aromatic N) is 1. The van der Waals surface area contributed by atoms with Crippen LogP contribution in [0.3, 0.4) is 0 Å². The summed E-state index contributed by atoms with van der Waals surface area (Å²) in [5.74, 6) is 0.904. The van der Waals surface area contributed by atoms with Gasteiger partial charge in [-0.15, -0.1) is 0 Å². The highest BCUT2D eigenvalue weighted by Crippen LogP contribution is 2.28. The quantitative estimate of drug-likeness (QED) is 0.924. The van der Waals surface area contributed by atoms with Crippen LogP contribution in [-0.4, -0.2) is 4.98 Å². The molecule has 1 heterocycles. The van der Waals surface area contributed by atoms with Crippen LogP contribution >= 0.6 is 34.8 Å². The van der Waals surface area contributed by atoms with Crippen LogP contribution < -0.4 is 10.5 Å². The number of nitrogen functional groups attached to an aromatic ring is 1. The molecule has 0 aliphatic heterocycles. The van der Waals surface area contributed by atoms with Gasteiger partial charge in [0.2, 0.25) is 0 Å². The van der Waals surface area contributed by atoms with Crippen molar-refractivity contribution < 1.29 is 4.74 Å². The molecule has 0 amide bonds. The first-order chi connectivity index (χ1) is 8.56. The van der Waals surface area contributed by atoms with Gasteiger partial charge in [-0.1, -0.05) is 34.8 Å². The molecule has 1 aromatic carbocycles. The average Bonchev–Trinajstić information content (AvgIpc) is 2.32. The zero-order chi connectivity index (χ0) is 13.1. The molecule has 6 heteroatoms. The summed E-state index contributed by atoms with van der Waals surface area (Å²) in [5.41, 5.74) is 6.14. The molecule has 0 radical (unpaired) electrons. The Hall–Kier alpha value is -1.16. The summed E-state index contributed by atoms with van der Waals surface area (Å²) in [4.78, 5) is 4.09. The maximum atomic E-state index is 5.98. The van der Waals surface area contributed by atoms with E-state index in [1.807, 2.05) is 0 Å². The number of benzene rings is 1. The molecular formula is C12H9Cl3N2O. The highest BCUT2D eigenvalue weighted by molar-refractivity contribution is 6.35. The van der Waals surface area contributed by atoms with E-state index in [2.05, 4.69) is 4.98 Å². The van der Waals surface area contributed by atoms with Gasteiger partial charge in [0.05, 0.1) is 15.7 Å². The first kappa shape index (κ1) is 13.3. The van der Waals surface area contributed by atoms with Crippen molar-refractivity contribution in [3.8, 4) is 5.75 Å². The number of anilines is 1. The van der Waals surface area contributed by atoms with Crippen LogP contribution in [-0.2, 0) is 6.61 Å². The largest absolute Gasteiger partial charge is 0.486 e. The predicted molar refractivity (Wildman–Crippen MR) is 74.5 cm³/mol. The molecule has 0 fully saturated rings. The molecule has 2 rings (SSSR count). The van der Waals surface area contributed by atoms with Crippen molar-refractivity contribution in [1.82, 2.24) is 4.98 Å². The SMILES string of the molecule is Nc1ccc(Cl)c(COc2ccc(Cl)cc2Cl)n1. The van der Waals surface area contributed by atoms with Crippen LogP contribution in [0.2, 0.25) is 15.1 Å². The number of ether oxygens (including phenoxy) is 1. The normalized spacial score (nSPS) is 10.4. The first-order valence-electron chi connectivity index (χ1n) is 5.05. The first-order valence-corrected chi connectivity index (χ1v) is 6.18. The van der Waals surface area contributed by atoms with Gasteiger partial charge in [-0.25, -0.2) is 4.98 Å². The second kappa shape index (κ2) is 5.65. The predicted octanol–water partition coefficient (Wildman–Crippen LogP) is 4.20. The molecule has 0 aliphatic rings. The highest BCUT2D eigenvalue weighted by atomic mass is 35.5. The maximum absolute atomic E-state index is 5.98. The van der Waals surface area contributed by atoms with Gasteiger partial charge in [-0.3, -0.25) is 0 Å². The second-order valence-electron chi connectivity index (χ2n) is 3.53. The smallest absolute Gasteiger partial charge is 0.138 e. The van der Waals surface area contributed by atoms with Crippen molar-refractivity contribution in [2.75, 3.05) is 5.73 Å². The minimum atomic E-state index is 0.186. The summed E-state index contributed by atoms with van der Waals surface area (Å²) in [6, 6.07) is 8.28. The molecule has 0 saturated carbocycles. The van der Waals surface area contributed by atoms with E-state index in [0.717, 1.165) is 0 Å². The summed E-state index contributed by atoms with van der Waals surface area (Å²) < 4.78 is 5.52. The number of halogens is 3. The van der Waals surface area contributed by atoms with Crippen LogP contribution in [0.1, 0.15) is 5.69 Å². The molecule has 0 atom stereocenters. The Morgan fingerprint density at radius 2 is 1.83 bits per heavy atom. The molecule has 0 bridgehead atoms. The Morgan fingerprint density at radius 1 is 1.06 bits per heavy atom. The van der Waals surface area contributed by atoms with E-state index in [1.54, 1.807) is 30.3 Å². The molecule has 0 aliphatic carbocycles. The molecule has 0 unspecified atom stereocenters. The van der Waals surface area contributed by atoms with Crippen LogP contribution in [0.5, 0.6) is 5.75 Å². The van der Waals surface area contributed by atoms with Crippen LogP contribution in [0, 0.1) is 0 Å². The van der Waals surface area contributed by atoms with Gasteiger partial charge in [-0.2, -0.15) is 0 Å². The molecular weight excluding hydrogens is 295 g/mol. The highest BCUT2D eigenvalue weighted by Gasteiger charge is 2.06. The van der Waals surface area contributed by atoms with E-state index in [9.17, 15) is 0 Å². The number of rotatable bonds is 3. The van der Waals surface area contributed by atoms with Gasteiger partial charge in [0.25, 0.3) is 0 Å². The maximum Gasteiger partial charge on any atom is 0.138 e.